The summed E-state index contributed by atoms with van der Waals surface area (Å²) in [4.78, 5) is 10.5. The van der Waals surface area contributed by atoms with Gasteiger partial charge in [-0.1, -0.05) is 0 Å². The Hall–Kier alpha value is -0.136. The maximum Gasteiger partial charge on any atom is 0.305 e. The van der Waals surface area contributed by atoms with Gasteiger partial charge in [-0.15, -0.1) is 0 Å². The van der Waals surface area contributed by atoms with Crippen molar-refractivity contribution < 1.29 is 13.6 Å². The Balaban J connectivity index is 0.000000252. The van der Waals surface area contributed by atoms with Gasteiger partial charge in [0.15, 0.2) is 9.04 Å². The van der Waals surface area contributed by atoms with Crippen molar-refractivity contribution in [1.82, 2.24) is 0 Å². The molecule has 0 bridgehead atoms. The lowest BCUT2D eigenvalue weighted by Gasteiger charge is -1.93. The summed E-state index contributed by atoms with van der Waals surface area (Å²) in [6.07, 6.45) is 3.83. The zero-order valence-electron chi connectivity index (χ0n) is 8.84. The quantitative estimate of drug-likeness (QED) is 0.473. The summed E-state index contributed by atoms with van der Waals surface area (Å²) in [5, 5.41) is 0. The Kier molecular flexibility index (Phi) is 8.37. The molecule has 0 amide bonds. The van der Waals surface area contributed by atoms with E-state index in [4.69, 9.17) is 8.85 Å². The molecule has 78 valence electrons. The van der Waals surface area contributed by atoms with E-state index < -0.39 is 9.04 Å². The molecular weight excluding hydrogens is 200 g/mol. The zero-order valence-corrected chi connectivity index (χ0v) is 12.0. The van der Waals surface area contributed by atoms with Crippen LogP contribution in [0.3, 0.4) is 0 Å². The molecule has 0 aromatic heterocycles. The van der Waals surface area contributed by atoms with Gasteiger partial charge in [-0.25, -0.2) is 0 Å². The van der Waals surface area contributed by atoms with Crippen molar-refractivity contribution in [1.29, 1.82) is 0 Å². The van der Waals surface area contributed by atoms with E-state index in [0.29, 0.717) is 13.0 Å². The second kappa shape index (κ2) is 8.46. The smallest absolute Gasteiger partial charge is 0.305 e. The molecule has 13 heavy (non-hydrogen) atoms. The molecule has 0 aliphatic carbocycles. The van der Waals surface area contributed by atoms with Crippen molar-refractivity contribution in [2.45, 2.75) is 38.8 Å². The Morgan fingerprint density at radius 3 is 2.54 bits per heavy atom. The highest BCUT2D eigenvalue weighted by molar-refractivity contribution is 6.52. The van der Waals surface area contributed by atoms with Crippen LogP contribution in [0.25, 0.3) is 0 Å². The summed E-state index contributed by atoms with van der Waals surface area (Å²) in [6, 6.07) is 0. The molecular formula is C8H20O3Si2. The van der Waals surface area contributed by atoms with Gasteiger partial charge in [0.1, 0.15) is 10.5 Å². The third-order valence-electron chi connectivity index (χ3n) is 1.76. The van der Waals surface area contributed by atoms with Crippen molar-refractivity contribution in [2.24, 2.45) is 0 Å². The van der Waals surface area contributed by atoms with E-state index in [-0.39, 0.29) is 5.97 Å². The van der Waals surface area contributed by atoms with Crippen molar-refractivity contribution in [3.8, 4) is 0 Å². The third-order valence-corrected chi connectivity index (χ3v) is 5.53. The Bertz CT molecular complexity index is 129. The first-order chi connectivity index (χ1) is 6.16. The predicted molar refractivity (Wildman–Crippen MR) is 59.3 cm³/mol. The average molecular weight is 220 g/mol. The first kappa shape index (κ1) is 12.9. The fraction of sp³-hybridized carbons (Fsp3) is 0.875. The van der Waals surface area contributed by atoms with Gasteiger partial charge in [-0.2, -0.15) is 0 Å². The highest BCUT2D eigenvalue weighted by Crippen LogP contribution is 2.06. The molecule has 0 unspecified atom stereocenters. The standard InChI is InChI=1S/C6H10O2.C2H10OSi2/c7-6-4-2-1-3-5-8-6;1-5(2)3-4/h1-5H2;5H,1-2,4H3. The molecule has 5 heteroatoms. The highest BCUT2D eigenvalue weighted by atomic mass is 28.3. The molecule has 0 N–H and O–H groups in total. The molecule has 0 aromatic rings. The minimum atomic E-state index is -0.588. The first-order valence-corrected chi connectivity index (χ1v) is 8.45. The predicted octanol–water partition coefficient (Wildman–Crippen LogP) is 0.370. The molecule has 1 aliphatic heterocycles. The van der Waals surface area contributed by atoms with Crippen molar-refractivity contribution in [2.75, 3.05) is 6.61 Å². The topological polar surface area (TPSA) is 35.5 Å². The fourth-order valence-corrected chi connectivity index (χ4v) is 0.806. The Morgan fingerprint density at radius 2 is 2.00 bits per heavy atom. The van der Waals surface area contributed by atoms with Crippen LogP contribution >= 0.6 is 0 Å². The van der Waals surface area contributed by atoms with E-state index in [2.05, 4.69) is 13.1 Å². The second-order valence-corrected chi connectivity index (χ2v) is 7.30. The van der Waals surface area contributed by atoms with E-state index >= 15 is 0 Å². The summed E-state index contributed by atoms with van der Waals surface area (Å²) in [7, 11) is 0.347. The largest absolute Gasteiger partial charge is 0.466 e. The van der Waals surface area contributed by atoms with E-state index in [1.54, 1.807) is 0 Å². The molecule has 0 radical (unpaired) electrons. The molecule has 0 spiro atoms. The minimum Gasteiger partial charge on any atom is -0.466 e. The highest BCUT2D eigenvalue weighted by Gasteiger charge is 2.05. The van der Waals surface area contributed by atoms with E-state index in [9.17, 15) is 4.79 Å². The molecule has 1 aliphatic rings. The number of hydrogen-bond acceptors (Lipinski definition) is 3. The Morgan fingerprint density at radius 1 is 1.38 bits per heavy atom. The molecule has 3 nitrogen and oxygen atoms in total. The first-order valence-electron chi connectivity index (χ1n) is 4.85. The maximum atomic E-state index is 10.5. The number of carbonyl (C=O) groups excluding carboxylic acids is 1. The number of ether oxygens (including phenoxy) is 1. The molecule has 1 saturated heterocycles. The van der Waals surface area contributed by atoms with E-state index in [1.165, 1.54) is 0 Å². The normalized spacial score (nSPS) is 17.3. The number of rotatable bonds is 1. The number of cyclic esters (lactones) is 1. The van der Waals surface area contributed by atoms with Crippen LogP contribution in [0.2, 0.25) is 13.1 Å². The summed E-state index contributed by atoms with van der Waals surface area (Å²) in [5.74, 6) is -0.0255. The van der Waals surface area contributed by atoms with Crippen LogP contribution in [-0.2, 0) is 13.6 Å². The summed E-state index contributed by atoms with van der Waals surface area (Å²) >= 11 is 0. The van der Waals surface area contributed by atoms with Crippen LogP contribution < -0.4 is 0 Å². The van der Waals surface area contributed by atoms with Gasteiger partial charge in [-0.05, 0) is 32.4 Å². The minimum absolute atomic E-state index is 0.0255. The average Bonchev–Trinajstić information content (AvgIpc) is 2.33. The number of carbonyl (C=O) groups is 1. The monoisotopic (exact) mass is 220 g/mol. The van der Waals surface area contributed by atoms with Crippen LogP contribution in [0.4, 0.5) is 0 Å². The molecule has 0 saturated carbocycles. The van der Waals surface area contributed by atoms with Gasteiger partial charge < -0.3 is 8.85 Å². The third kappa shape index (κ3) is 9.78. The van der Waals surface area contributed by atoms with Crippen LogP contribution in [-0.4, -0.2) is 32.1 Å². The second-order valence-electron chi connectivity index (χ2n) is 3.32. The van der Waals surface area contributed by atoms with Crippen molar-refractivity contribution >= 4 is 25.5 Å². The lowest BCUT2D eigenvalue weighted by atomic mass is 10.2. The molecule has 0 aromatic carbocycles. The zero-order chi connectivity index (χ0) is 10.1. The van der Waals surface area contributed by atoms with Crippen molar-refractivity contribution in [3.63, 3.8) is 0 Å². The summed E-state index contributed by atoms with van der Waals surface area (Å²) < 4.78 is 9.79. The van der Waals surface area contributed by atoms with Gasteiger partial charge in [0.05, 0.1) is 6.61 Å². The van der Waals surface area contributed by atoms with Crippen LogP contribution in [0.5, 0.6) is 0 Å². The Labute approximate surface area is 85.1 Å². The number of hydrogen-bond donors (Lipinski definition) is 0. The maximum absolute atomic E-state index is 10.5. The SMILES string of the molecule is C[SiH](C)O[SiH3].O=C1CCCCCO1. The van der Waals surface area contributed by atoms with Gasteiger partial charge in [0.25, 0.3) is 0 Å². The molecule has 0 atom stereocenters. The van der Waals surface area contributed by atoms with Gasteiger partial charge in [-0.3, -0.25) is 4.79 Å². The fourth-order valence-electron chi connectivity index (χ4n) is 0.806. The van der Waals surface area contributed by atoms with Crippen LogP contribution in [0, 0.1) is 0 Å². The molecule has 1 fully saturated rings. The number of esters is 1. The molecule has 1 rings (SSSR count). The van der Waals surface area contributed by atoms with Gasteiger partial charge >= 0.3 is 5.97 Å². The van der Waals surface area contributed by atoms with Crippen LogP contribution in [0.15, 0.2) is 0 Å². The van der Waals surface area contributed by atoms with Gasteiger partial charge in [0.2, 0.25) is 0 Å². The van der Waals surface area contributed by atoms with E-state index in [0.717, 1.165) is 29.7 Å². The van der Waals surface area contributed by atoms with Crippen molar-refractivity contribution in [3.05, 3.63) is 0 Å². The summed E-state index contributed by atoms with van der Waals surface area (Å²) in [6.45, 7) is 4.98. The van der Waals surface area contributed by atoms with Crippen LogP contribution in [0.1, 0.15) is 25.7 Å². The lowest BCUT2D eigenvalue weighted by molar-refractivity contribution is -0.142. The lowest BCUT2D eigenvalue weighted by Crippen LogP contribution is -2.02. The van der Waals surface area contributed by atoms with Gasteiger partial charge in [0, 0.05) is 6.42 Å². The van der Waals surface area contributed by atoms with E-state index in [1.807, 2.05) is 0 Å². The summed E-state index contributed by atoms with van der Waals surface area (Å²) in [5.41, 5.74) is 0. The molecule has 1 heterocycles.